The lowest BCUT2D eigenvalue weighted by Crippen LogP contribution is -2.50. The number of H-pyrrole nitrogens is 1. The van der Waals surface area contributed by atoms with Crippen LogP contribution in [0, 0.1) is 11.6 Å². The molecule has 1 fully saturated rings. The van der Waals surface area contributed by atoms with Gasteiger partial charge in [0.2, 0.25) is 0 Å². The number of pyridine rings is 1. The second-order valence-electron chi connectivity index (χ2n) is 10.7. The topological polar surface area (TPSA) is 138 Å². The van der Waals surface area contributed by atoms with Crippen molar-refractivity contribution in [2.24, 2.45) is 0 Å². The molecule has 6 rings (SSSR count). The largest absolute Gasteiger partial charge is 0.453 e. The Morgan fingerprint density at radius 2 is 1.71 bits per heavy atom. The lowest BCUT2D eigenvalue weighted by atomic mass is 10.2. The van der Waals surface area contributed by atoms with Crippen LogP contribution >= 0.6 is 0 Å². The number of rotatable bonds is 7. The van der Waals surface area contributed by atoms with Crippen LogP contribution in [-0.4, -0.2) is 78.8 Å². The molecule has 0 aliphatic carbocycles. The van der Waals surface area contributed by atoms with Crippen LogP contribution in [0.1, 0.15) is 34.7 Å². The highest BCUT2D eigenvalue weighted by Gasteiger charge is 2.28. The average molecular weight is 615 g/mol. The maximum Gasteiger partial charge on any atom is 0.284 e. The molecule has 12 nitrogen and oxygen atoms in total. The zero-order valence-corrected chi connectivity index (χ0v) is 24.3. The highest BCUT2D eigenvalue weighted by Crippen LogP contribution is 2.33. The molecule has 0 unspecified atom stereocenters. The third-order valence-corrected chi connectivity index (χ3v) is 7.53. The number of aromatic amines is 1. The fraction of sp³-hybridized carbons (Fsp3) is 0.226. The summed E-state index contributed by atoms with van der Waals surface area (Å²) < 4.78 is 35.4. The molecule has 0 bridgehead atoms. The quantitative estimate of drug-likeness (QED) is 0.281. The standard InChI is InChI=1S/C31H28F2N8O4/c1-18(2)39-13-15-40(16-14-39)31(44)27-26-25(10-11-34-28(26)38-37-27)45-24-8-5-20(17-23(24)33)36-29(42)22-9-12-35-41(30(22)43)21-6-3-19(32)4-7-21/h3-12,17-18H,13-16H2,1-2H3,(H,36,42)(H,34,37,38). The first-order valence-corrected chi connectivity index (χ1v) is 14.2. The number of amides is 2. The molecule has 14 heteroatoms. The molecule has 2 aromatic carbocycles. The minimum Gasteiger partial charge on any atom is -0.453 e. The molecule has 5 aromatic rings. The summed E-state index contributed by atoms with van der Waals surface area (Å²) in [4.78, 5) is 47.5. The molecule has 0 saturated carbocycles. The van der Waals surface area contributed by atoms with E-state index in [0.29, 0.717) is 30.2 Å². The monoisotopic (exact) mass is 614 g/mol. The van der Waals surface area contributed by atoms with Gasteiger partial charge in [-0.3, -0.25) is 24.4 Å². The van der Waals surface area contributed by atoms with Gasteiger partial charge in [-0.05, 0) is 62.4 Å². The number of hydrogen-bond acceptors (Lipinski definition) is 8. The number of halogens is 2. The number of hydrogen-bond donors (Lipinski definition) is 2. The van der Waals surface area contributed by atoms with Gasteiger partial charge >= 0.3 is 0 Å². The minimum atomic E-state index is -0.808. The molecule has 3 aromatic heterocycles. The van der Waals surface area contributed by atoms with E-state index >= 15 is 4.39 Å². The molecule has 0 atom stereocenters. The molecule has 230 valence electrons. The van der Waals surface area contributed by atoms with Gasteiger partial charge in [-0.1, -0.05) is 0 Å². The Morgan fingerprint density at radius 1 is 0.956 bits per heavy atom. The van der Waals surface area contributed by atoms with Crippen molar-refractivity contribution >= 4 is 28.5 Å². The predicted molar refractivity (Wildman–Crippen MR) is 161 cm³/mol. The van der Waals surface area contributed by atoms with Gasteiger partial charge in [0.1, 0.15) is 17.1 Å². The normalized spacial score (nSPS) is 13.8. The first-order valence-electron chi connectivity index (χ1n) is 14.2. The summed E-state index contributed by atoms with van der Waals surface area (Å²) in [6.07, 6.45) is 2.71. The van der Waals surface area contributed by atoms with E-state index in [-0.39, 0.29) is 40.0 Å². The molecule has 2 amide bonds. The van der Waals surface area contributed by atoms with Crippen molar-refractivity contribution in [3.05, 3.63) is 100 Å². The van der Waals surface area contributed by atoms with Crippen molar-refractivity contribution < 1.29 is 23.1 Å². The maximum absolute atomic E-state index is 15.3. The zero-order chi connectivity index (χ0) is 31.7. The lowest BCUT2D eigenvalue weighted by molar-refractivity contribution is 0.0591. The summed E-state index contributed by atoms with van der Waals surface area (Å²) in [7, 11) is 0. The summed E-state index contributed by atoms with van der Waals surface area (Å²) in [6.45, 7) is 6.80. The highest BCUT2D eigenvalue weighted by molar-refractivity contribution is 6.06. The van der Waals surface area contributed by atoms with Crippen molar-refractivity contribution in [1.29, 1.82) is 0 Å². The van der Waals surface area contributed by atoms with Gasteiger partial charge in [0.25, 0.3) is 17.4 Å². The van der Waals surface area contributed by atoms with Crippen molar-refractivity contribution in [1.82, 2.24) is 34.8 Å². The fourth-order valence-electron chi connectivity index (χ4n) is 5.08. The Kier molecular flexibility index (Phi) is 8.04. The molecule has 1 aliphatic rings. The lowest BCUT2D eigenvalue weighted by Gasteiger charge is -2.36. The van der Waals surface area contributed by atoms with Gasteiger partial charge in [0.05, 0.1) is 11.1 Å². The molecule has 2 N–H and O–H groups in total. The molecular formula is C31H28F2N8O4. The van der Waals surface area contributed by atoms with Crippen molar-refractivity contribution in [3.8, 4) is 17.2 Å². The molecule has 1 saturated heterocycles. The van der Waals surface area contributed by atoms with Gasteiger partial charge < -0.3 is 15.0 Å². The molecule has 0 radical (unpaired) electrons. The van der Waals surface area contributed by atoms with Crippen LogP contribution < -0.4 is 15.6 Å². The van der Waals surface area contributed by atoms with Crippen molar-refractivity contribution in [2.75, 3.05) is 31.5 Å². The second-order valence-corrected chi connectivity index (χ2v) is 10.7. The van der Waals surface area contributed by atoms with Crippen LogP contribution in [-0.2, 0) is 0 Å². The summed E-state index contributed by atoms with van der Waals surface area (Å²) in [6, 6.07) is 11.9. The summed E-state index contributed by atoms with van der Waals surface area (Å²) in [5.41, 5.74) is -0.226. The van der Waals surface area contributed by atoms with E-state index in [2.05, 4.69) is 44.3 Å². The third-order valence-electron chi connectivity index (χ3n) is 7.53. The molecule has 4 heterocycles. The maximum atomic E-state index is 15.3. The van der Waals surface area contributed by atoms with Crippen LogP contribution in [0.3, 0.4) is 0 Å². The van der Waals surface area contributed by atoms with E-state index in [0.717, 1.165) is 23.8 Å². The highest BCUT2D eigenvalue weighted by atomic mass is 19.1. The van der Waals surface area contributed by atoms with E-state index in [1.807, 2.05) is 0 Å². The fourth-order valence-corrected chi connectivity index (χ4v) is 5.08. The number of carbonyl (C=O) groups excluding carboxylic acids is 2. The Labute approximate surface area is 255 Å². The summed E-state index contributed by atoms with van der Waals surface area (Å²) in [5.74, 6) is -2.37. The Morgan fingerprint density at radius 3 is 2.42 bits per heavy atom. The number of aromatic nitrogens is 5. The SMILES string of the molecule is CC(C)N1CCN(C(=O)c2n[nH]c3nccc(Oc4ccc(NC(=O)c5ccnn(-c6ccc(F)cc6)c5=O)cc4F)c23)CC1. The Balaban J connectivity index is 1.20. The van der Waals surface area contributed by atoms with E-state index in [1.54, 1.807) is 4.90 Å². The Bertz CT molecular complexity index is 1950. The second kappa shape index (κ2) is 12.2. The van der Waals surface area contributed by atoms with Crippen LogP contribution in [0.15, 0.2) is 71.8 Å². The first-order chi connectivity index (χ1) is 21.7. The summed E-state index contributed by atoms with van der Waals surface area (Å²) >= 11 is 0. The number of nitrogens with zero attached hydrogens (tertiary/aromatic N) is 6. The van der Waals surface area contributed by atoms with Gasteiger partial charge in [0, 0.05) is 56.4 Å². The number of fused-ring (bicyclic) bond motifs is 1. The first kappa shape index (κ1) is 29.6. The number of ether oxygens (including phenoxy) is 1. The zero-order valence-electron chi connectivity index (χ0n) is 24.3. The van der Waals surface area contributed by atoms with Crippen LogP contribution in [0.4, 0.5) is 14.5 Å². The third kappa shape index (κ3) is 5.99. The molecule has 1 aliphatic heterocycles. The average Bonchev–Trinajstić information content (AvgIpc) is 3.48. The minimum absolute atomic E-state index is 0.0639. The van der Waals surface area contributed by atoms with E-state index in [4.69, 9.17) is 4.74 Å². The number of piperazine rings is 1. The van der Waals surface area contributed by atoms with Crippen LogP contribution in [0.25, 0.3) is 16.7 Å². The van der Waals surface area contributed by atoms with E-state index in [1.165, 1.54) is 60.9 Å². The summed E-state index contributed by atoms with van der Waals surface area (Å²) in [5, 5.41) is 13.7. The number of carbonyl (C=O) groups is 2. The van der Waals surface area contributed by atoms with Crippen molar-refractivity contribution in [2.45, 2.75) is 19.9 Å². The van der Waals surface area contributed by atoms with Crippen LogP contribution in [0.5, 0.6) is 11.5 Å². The van der Waals surface area contributed by atoms with Gasteiger partial charge in [-0.2, -0.15) is 14.9 Å². The van der Waals surface area contributed by atoms with Crippen molar-refractivity contribution in [3.63, 3.8) is 0 Å². The molecule has 45 heavy (non-hydrogen) atoms. The van der Waals surface area contributed by atoms with E-state index in [9.17, 15) is 18.8 Å². The van der Waals surface area contributed by atoms with Gasteiger partial charge in [0.15, 0.2) is 22.9 Å². The van der Waals surface area contributed by atoms with Gasteiger partial charge in [-0.15, -0.1) is 0 Å². The number of nitrogens with one attached hydrogen (secondary N) is 2. The van der Waals surface area contributed by atoms with E-state index < -0.39 is 23.1 Å². The molecule has 0 spiro atoms. The smallest absolute Gasteiger partial charge is 0.284 e. The molecular weight excluding hydrogens is 586 g/mol. The predicted octanol–water partition coefficient (Wildman–Crippen LogP) is 3.99. The van der Waals surface area contributed by atoms with Gasteiger partial charge in [-0.25, -0.2) is 13.8 Å². The van der Waals surface area contributed by atoms with Crippen LogP contribution in [0.2, 0.25) is 0 Å². The Hall–Kier alpha value is -5.50. The number of anilines is 1. The number of benzene rings is 2.